The van der Waals surface area contributed by atoms with Crippen LogP contribution >= 0.6 is 11.3 Å². The Morgan fingerprint density at radius 3 is 2.43 bits per heavy atom. The molecule has 3 aromatic rings. The summed E-state index contributed by atoms with van der Waals surface area (Å²) in [4.78, 5) is 14.2. The van der Waals surface area contributed by atoms with Gasteiger partial charge in [-0.2, -0.15) is 0 Å². The summed E-state index contributed by atoms with van der Waals surface area (Å²) in [6, 6.07) is 8.91. The van der Waals surface area contributed by atoms with Crippen LogP contribution in [0.5, 0.6) is 28.7 Å². The predicted octanol–water partition coefficient (Wildman–Crippen LogP) is 2.75. The van der Waals surface area contributed by atoms with E-state index in [4.69, 9.17) is 48.1 Å². The van der Waals surface area contributed by atoms with Crippen molar-refractivity contribution in [2.75, 3.05) is 34.1 Å². The van der Waals surface area contributed by atoms with E-state index in [-0.39, 0.29) is 52.0 Å². The second-order valence-corrected chi connectivity index (χ2v) is 12.2. The molecule has 1 aliphatic carbocycles. The zero-order valence-corrected chi connectivity index (χ0v) is 25.1. The van der Waals surface area contributed by atoms with Gasteiger partial charge in [-0.3, -0.25) is 4.79 Å². The lowest BCUT2D eigenvalue weighted by Crippen LogP contribution is -2.62. The van der Waals surface area contributed by atoms with Crippen LogP contribution < -0.4 is 18.9 Å². The number of esters is 1. The molecule has 8 rings (SSSR count). The highest BCUT2D eigenvalue weighted by molar-refractivity contribution is 7.10. The minimum atomic E-state index is -2.57. The minimum Gasteiger partial charge on any atom is -0.502 e. The third kappa shape index (κ3) is 4.70. The molecular weight excluding hydrogens is 624 g/mol. The van der Waals surface area contributed by atoms with Crippen molar-refractivity contribution in [2.45, 2.75) is 49.0 Å². The Hall–Kier alpha value is -3.63. The molecule has 0 spiro atoms. The van der Waals surface area contributed by atoms with Crippen molar-refractivity contribution in [3.63, 3.8) is 0 Å². The highest BCUT2D eigenvalue weighted by atomic mass is 32.1. The monoisotopic (exact) mass is 661 g/mol. The number of carbonyl (C=O) groups excluding carboxylic acids is 1. The van der Waals surface area contributed by atoms with Crippen molar-refractivity contribution in [3.05, 3.63) is 63.3 Å². The largest absolute Gasteiger partial charge is 0.502 e. The number of phenolic OH excluding ortho intramolecular Hbond substituents is 1. The van der Waals surface area contributed by atoms with Crippen LogP contribution in [0.2, 0.25) is 0 Å². The molecule has 5 heterocycles. The minimum absolute atomic E-state index is 0.0468. The molecule has 0 radical (unpaired) electrons. The number of hydrogen-bond donors (Lipinski definition) is 3. The molecule has 46 heavy (non-hydrogen) atoms. The van der Waals surface area contributed by atoms with Crippen molar-refractivity contribution in [1.82, 2.24) is 0 Å². The number of thiophene rings is 1. The first-order valence-corrected chi connectivity index (χ1v) is 15.3. The second-order valence-electron chi connectivity index (χ2n) is 11.2. The van der Waals surface area contributed by atoms with Crippen LogP contribution in [0.25, 0.3) is 0 Å². The number of phenols is 1. The van der Waals surface area contributed by atoms with Crippen molar-refractivity contribution >= 4 is 17.3 Å². The topological polar surface area (TPSA) is 161 Å². The van der Waals surface area contributed by atoms with Crippen molar-refractivity contribution in [2.24, 2.45) is 11.8 Å². The second kappa shape index (κ2) is 11.6. The van der Waals surface area contributed by atoms with E-state index in [2.05, 4.69) is 0 Å². The van der Waals surface area contributed by atoms with Gasteiger partial charge in [-0.1, -0.05) is 6.07 Å². The summed E-state index contributed by atoms with van der Waals surface area (Å²) in [5, 5.41) is 35.1. The van der Waals surface area contributed by atoms with Gasteiger partial charge in [0.05, 0.1) is 47.0 Å². The molecule has 2 aromatic carbocycles. The first-order valence-electron chi connectivity index (χ1n) is 16.9. The SMILES string of the molecule is [2H]C1([2H])Oc2cc3c(cc2O1)[C@@]([2H])(c1cc(OC)c(O)c(OC)c1)[C@H]1C(=O)OC[C@@H]1[C@@H]3O[C@@H]1O[C@H]2[C@@H](O[C@H](c3cccs3)OC2([2H])[2H])[C@H](O)[C@H]1O. The molecule has 5 aliphatic rings. The van der Waals surface area contributed by atoms with Crippen molar-refractivity contribution in [1.29, 1.82) is 0 Å². The molecular formula is C32H32O13S. The molecule has 3 saturated heterocycles. The van der Waals surface area contributed by atoms with Gasteiger partial charge in [0.2, 0.25) is 12.5 Å². The molecule has 4 aliphatic heterocycles. The zero-order valence-electron chi connectivity index (χ0n) is 29.3. The van der Waals surface area contributed by atoms with E-state index >= 15 is 0 Å². The van der Waals surface area contributed by atoms with Gasteiger partial charge in [-0.15, -0.1) is 11.3 Å². The smallest absolute Gasteiger partial charge is 0.310 e. The number of fused-ring (bicyclic) bond motifs is 4. The van der Waals surface area contributed by atoms with Crippen molar-refractivity contribution in [3.8, 4) is 28.7 Å². The molecule has 10 atom stereocenters. The van der Waals surface area contributed by atoms with E-state index in [1.165, 1.54) is 49.8 Å². The molecule has 0 amide bonds. The Morgan fingerprint density at radius 2 is 1.74 bits per heavy atom. The summed E-state index contributed by atoms with van der Waals surface area (Å²) in [6.07, 6.45) is -10.6. The number of aromatic hydroxyl groups is 1. The van der Waals surface area contributed by atoms with Gasteiger partial charge in [-0.25, -0.2) is 0 Å². The Balaban J connectivity index is 1.22. The van der Waals surface area contributed by atoms with Crippen LogP contribution in [-0.4, -0.2) is 86.1 Å². The first kappa shape index (κ1) is 24.5. The highest BCUT2D eigenvalue weighted by Crippen LogP contribution is 2.57. The van der Waals surface area contributed by atoms with Crippen LogP contribution in [0.3, 0.4) is 0 Å². The average molecular weight is 662 g/mol. The predicted molar refractivity (Wildman–Crippen MR) is 156 cm³/mol. The van der Waals surface area contributed by atoms with Gasteiger partial charge in [0, 0.05) is 13.2 Å². The molecule has 0 saturated carbocycles. The normalized spacial score (nSPS) is 39.7. The fourth-order valence-corrected chi connectivity index (χ4v) is 7.28. The van der Waals surface area contributed by atoms with E-state index < -0.39 is 80.1 Å². The van der Waals surface area contributed by atoms with E-state index in [1.54, 1.807) is 17.5 Å². The Kier molecular flexibility index (Phi) is 6.16. The third-order valence-electron chi connectivity index (χ3n) is 8.78. The number of ether oxygens (including phenoxy) is 9. The van der Waals surface area contributed by atoms with Crippen LogP contribution in [0.15, 0.2) is 41.8 Å². The third-order valence-corrected chi connectivity index (χ3v) is 9.67. The Labute approximate surface area is 274 Å². The summed E-state index contributed by atoms with van der Waals surface area (Å²) in [5.41, 5.74) is 0.422. The maximum Gasteiger partial charge on any atom is 0.310 e. The number of hydrogen-bond acceptors (Lipinski definition) is 14. The highest BCUT2D eigenvalue weighted by Gasteiger charge is 2.56. The van der Waals surface area contributed by atoms with E-state index in [0.29, 0.717) is 4.88 Å². The van der Waals surface area contributed by atoms with Crippen LogP contribution in [-0.2, 0) is 28.5 Å². The maximum absolute atomic E-state index is 13.6. The molecule has 1 aromatic heterocycles. The lowest BCUT2D eigenvalue weighted by Gasteiger charge is -2.48. The average Bonchev–Trinajstić information content (AvgIpc) is 3.83. The number of methoxy groups -OCH3 is 2. The summed E-state index contributed by atoms with van der Waals surface area (Å²) < 4.78 is 94.4. The summed E-state index contributed by atoms with van der Waals surface area (Å²) >= 11 is 1.26. The van der Waals surface area contributed by atoms with E-state index in [1.807, 2.05) is 0 Å². The maximum atomic E-state index is 13.6. The Morgan fingerprint density at radius 1 is 1.00 bits per heavy atom. The molecule has 0 unspecified atom stereocenters. The molecule has 13 nitrogen and oxygen atoms in total. The number of carbonyl (C=O) groups is 1. The van der Waals surface area contributed by atoms with E-state index in [9.17, 15) is 21.5 Å². The lowest BCUT2D eigenvalue weighted by molar-refractivity contribution is -0.368. The Bertz CT molecular complexity index is 1840. The van der Waals surface area contributed by atoms with Crippen molar-refractivity contribution < 1.29 is 69.6 Å². The number of aliphatic hydroxyl groups excluding tert-OH is 2. The molecule has 3 N–H and O–H groups in total. The quantitative estimate of drug-likeness (QED) is 0.331. The van der Waals surface area contributed by atoms with Crippen LogP contribution in [0, 0.1) is 11.8 Å². The molecule has 0 bridgehead atoms. The number of cyclic esters (lactones) is 1. The molecule has 14 heteroatoms. The zero-order chi connectivity index (χ0) is 36.2. The summed E-state index contributed by atoms with van der Waals surface area (Å²) in [6.45, 7) is -5.35. The number of aliphatic hydroxyl groups is 2. The van der Waals surface area contributed by atoms with Gasteiger partial charge in [0.15, 0.2) is 35.6 Å². The first-order chi connectivity index (χ1) is 24.2. The summed E-state index contributed by atoms with van der Waals surface area (Å²) in [7, 11) is 2.61. The van der Waals surface area contributed by atoms with Gasteiger partial charge < -0.3 is 58.0 Å². The summed E-state index contributed by atoms with van der Waals surface area (Å²) in [5.74, 6) is -5.64. The lowest BCUT2D eigenvalue weighted by atomic mass is 9.66. The van der Waals surface area contributed by atoms with Gasteiger partial charge in [0.1, 0.15) is 27.2 Å². The van der Waals surface area contributed by atoms with Crippen LogP contribution in [0.4, 0.5) is 0 Å². The molecule has 3 fully saturated rings. The standard InChI is InChI=1S/C32H32O13S/c1-37-19-6-13(7-20(38-2)25(19)33)23-14-8-17-18(42-12-41-17)9-15(14)28(16-10-39-30(36)24(16)23)44-32-27(35)26(34)29-21(43-32)11-40-31(45-29)22-4-3-5-46-22/h3-9,16,21,23-24,26-29,31-35H,10-12H2,1-2H3/t16-,21+,23+,24-,26+,27+,28+,29+,31+,32-/m0/s1/i11D2,12D2,23D. The number of benzene rings is 2. The van der Waals surface area contributed by atoms with Crippen LogP contribution in [0.1, 0.15) is 46.7 Å². The fourth-order valence-electron chi connectivity index (χ4n) is 6.59. The fraction of sp³-hybridized carbons (Fsp3) is 0.469. The van der Waals surface area contributed by atoms with Gasteiger partial charge >= 0.3 is 5.97 Å². The number of rotatable bonds is 6. The van der Waals surface area contributed by atoms with Gasteiger partial charge in [0.25, 0.3) is 0 Å². The van der Waals surface area contributed by atoms with E-state index in [0.717, 1.165) is 0 Å². The molecule has 244 valence electrons. The van der Waals surface area contributed by atoms with Gasteiger partial charge in [-0.05, 0) is 52.4 Å².